The number of anilines is 2. The van der Waals surface area contributed by atoms with Crippen molar-refractivity contribution in [2.75, 3.05) is 50.6 Å². The van der Waals surface area contributed by atoms with Gasteiger partial charge in [-0.1, -0.05) is 24.6 Å². The quantitative estimate of drug-likeness (QED) is 0.325. The molecule has 13 heteroatoms. The van der Waals surface area contributed by atoms with E-state index in [0.717, 1.165) is 24.8 Å². The molecule has 5 rings (SSSR count). The highest BCUT2D eigenvalue weighted by Crippen LogP contribution is 2.41. The molecule has 0 saturated carbocycles. The second kappa shape index (κ2) is 12.9. The molecule has 1 fully saturated rings. The summed E-state index contributed by atoms with van der Waals surface area (Å²) < 4.78 is 73.5. The van der Waals surface area contributed by atoms with Crippen molar-refractivity contribution in [2.24, 2.45) is 0 Å². The summed E-state index contributed by atoms with van der Waals surface area (Å²) >= 11 is 0. The van der Waals surface area contributed by atoms with Gasteiger partial charge in [0.05, 0.1) is 27.0 Å². The molecule has 2 aliphatic rings. The summed E-state index contributed by atoms with van der Waals surface area (Å²) in [6, 6.07) is 14.7. The van der Waals surface area contributed by atoms with Crippen molar-refractivity contribution >= 4 is 43.4 Å². The number of hydrogen-bond acceptors (Lipinski definition) is 8. The van der Waals surface area contributed by atoms with Crippen LogP contribution in [0.1, 0.15) is 30.4 Å². The molecule has 234 valence electrons. The van der Waals surface area contributed by atoms with Crippen molar-refractivity contribution < 1.29 is 35.8 Å². The predicted octanol–water partition coefficient (Wildman–Crippen LogP) is 4.29. The number of benzene rings is 3. The Kier molecular flexibility index (Phi) is 9.18. The number of carbonyl (C=O) groups is 1. The lowest BCUT2D eigenvalue weighted by Crippen LogP contribution is -2.35. The molecule has 3 aromatic carbocycles. The number of fused-ring (bicyclic) bond motifs is 1. The first-order valence-electron chi connectivity index (χ1n) is 14.1. The minimum absolute atomic E-state index is 0.0260. The third-order valence-corrected chi connectivity index (χ3v) is 11.4. The van der Waals surface area contributed by atoms with E-state index in [1.807, 2.05) is 12.1 Å². The van der Waals surface area contributed by atoms with E-state index >= 15 is 0 Å². The number of para-hydroxylation sites is 1. The average Bonchev–Trinajstić information content (AvgIpc) is 3.49. The standard InChI is InChI=1S/C31H35N3O8S2/c1-40-26-13-12-24(21-28(26)43(36,37)33-16-7-4-8-17-33)32-30(35)14-11-22-19-27(41-2)31(42-3)29(20-22)44(38,39)34-18-15-23-9-5-6-10-25(23)34/h5-6,9-14,19-21H,4,7-8,15-18H2,1-3H3,(H,32,35)/b14-11+. The Balaban J connectivity index is 1.41. The summed E-state index contributed by atoms with van der Waals surface area (Å²) in [4.78, 5) is 12.8. The summed E-state index contributed by atoms with van der Waals surface area (Å²) in [5.41, 5.74) is 2.18. The van der Waals surface area contributed by atoms with Crippen LogP contribution in [-0.4, -0.2) is 68.0 Å². The third-order valence-electron chi connectivity index (χ3n) is 7.67. The highest BCUT2D eigenvalue weighted by Gasteiger charge is 2.34. The lowest BCUT2D eigenvalue weighted by atomic mass is 10.2. The fourth-order valence-corrected chi connectivity index (χ4v) is 8.88. The van der Waals surface area contributed by atoms with Gasteiger partial charge in [-0.2, -0.15) is 4.31 Å². The Bertz CT molecular complexity index is 1800. The van der Waals surface area contributed by atoms with Crippen LogP contribution in [0, 0.1) is 0 Å². The number of amides is 1. The molecule has 0 bridgehead atoms. The van der Waals surface area contributed by atoms with Crippen LogP contribution in [0.4, 0.5) is 11.4 Å². The number of carbonyl (C=O) groups excluding carboxylic acids is 1. The summed E-state index contributed by atoms with van der Waals surface area (Å²) in [7, 11) is -3.71. The summed E-state index contributed by atoms with van der Waals surface area (Å²) in [6.07, 6.45) is 5.81. The molecule has 1 N–H and O–H groups in total. The fourth-order valence-electron chi connectivity index (χ4n) is 5.47. The van der Waals surface area contributed by atoms with Gasteiger partial charge < -0.3 is 19.5 Å². The van der Waals surface area contributed by atoms with Gasteiger partial charge in [0.15, 0.2) is 11.5 Å². The van der Waals surface area contributed by atoms with E-state index in [1.165, 1.54) is 60.3 Å². The maximum Gasteiger partial charge on any atom is 0.268 e. The average molecular weight is 642 g/mol. The fraction of sp³-hybridized carbons (Fsp3) is 0.323. The number of piperidine rings is 1. The number of rotatable bonds is 10. The second-order valence-electron chi connectivity index (χ2n) is 10.4. The number of methoxy groups -OCH3 is 3. The van der Waals surface area contributed by atoms with E-state index in [-0.39, 0.29) is 39.3 Å². The summed E-state index contributed by atoms with van der Waals surface area (Å²) in [5, 5.41) is 2.68. The van der Waals surface area contributed by atoms with E-state index in [4.69, 9.17) is 14.2 Å². The van der Waals surface area contributed by atoms with E-state index in [1.54, 1.807) is 24.3 Å². The summed E-state index contributed by atoms with van der Waals surface area (Å²) in [6.45, 7) is 1.14. The van der Waals surface area contributed by atoms with Crippen molar-refractivity contribution in [3.8, 4) is 17.2 Å². The van der Waals surface area contributed by atoms with Crippen LogP contribution in [0.2, 0.25) is 0 Å². The van der Waals surface area contributed by atoms with E-state index in [2.05, 4.69) is 5.32 Å². The Morgan fingerprint density at radius 1 is 0.795 bits per heavy atom. The number of nitrogens with zero attached hydrogens (tertiary/aromatic N) is 2. The van der Waals surface area contributed by atoms with Gasteiger partial charge in [0.2, 0.25) is 15.9 Å². The topological polar surface area (TPSA) is 132 Å². The van der Waals surface area contributed by atoms with Gasteiger partial charge in [-0.3, -0.25) is 9.10 Å². The molecule has 0 aromatic heterocycles. The number of ether oxygens (including phenoxy) is 3. The molecule has 1 amide bonds. The van der Waals surface area contributed by atoms with Gasteiger partial charge in [-0.05, 0) is 72.9 Å². The molecule has 2 aliphatic heterocycles. The first kappa shape index (κ1) is 31.4. The number of hydrogen-bond donors (Lipinski definition) is 1. The minimum Gasteiger partial charge on any atom is -0.495 e. The monoisotopic (exact) mass is 641 g/mol. The van der Waals surface area contributed by atoms with Crippen molar-refractivity contribution in [1.29, 1.82) is 0 Å². The highest BCUT2D eigenvalue weighted by molar-refractivity contribution is 7.93. The molecular weight excluding hydrogens is 606 g/mol. The molecule has 2 heterocycles. The first-order chi connectivity index (χ1) is 21.1. The molecule has 0 unspecified atom stereocenters. The van der Waals surface area contributed by atoms with Crippen molar-refractivity contribution in [3.05, 3.63) is 71.8 Å². The van der Waals surface area contributed by atoms with Gasteiger partial charge in [-0.25, -0.2) is 16.8 Å². The molecule has 0 atom stereocenters. The van der Waals surface area contributed by atoms with Crippen molar-refractivity contribution in [2.45, 2.75) is 35.5 Å². The Morgan fingerprint density at radius 3 is 2.23 bits per heavy atom. The van der Waals surface area contributed by atoms with Crippen LogP contribution >= 0.6 is 0 Å². The maximum atomic E-state index is 13.9. The predicted molar refractivity (Wildman–Crippen MR) is 167 cm³/mol. The van der Waals surface area contributed by atoms with Gasteiger partial charge in [0, 0.05) is 31.4 Å². The zero-order chi connectivity index (χ0) is 31.5. The van der Waals surface area contributed by atoms with Crippen LogP contribution in [0.15, 0.2) is 70.5 Å². The zero-order valence-electron chi connectivity index (χ0n) is 24.8. The van der Waals surface area contributed by atoms with Gasteiger partial charge >= 0.3 is 0 Å². The molecule has 0 spiro atoms. The van der Waals surface area contributed by atoms with Crippen molar-refractivity contribution in [3.63, 3.8) is 0 Å². The van der Waals surface area contributed by atoms with Gasteiger partial charge in [0.1, 0.15) is 15.5 Å². The highest BCUT2D eigenvalue weighted by atomic mass is 32.2. The maximum absolute atomic E-state index is 13.9. The van der Waals surface area contributed by atoms with Crippen LogP contribution in [0.25, 0.3) is 6.08 Å². The van der Waals surface area contributed by atoms with Crippen LogP contribution in [0.3, 0.4) is 0 Å². The van der Waals surface area contributed by atoms with Gasteiger partial charge in [-0.15, -0.1) is 0 Å². The van der Waals surface area contributed by atoms with Gasteiger partial charge in [0.25, 0.3) is 10.0 Å². The third kappa shape index (κ3) is 6.12. The minimum atomic E-state index is -4.05. The lowest BCUT2D eigenvalue weighted by Gasteiger charge is -2.26. The molecule has 44 heavy (non-hydrogen) atoms. The lowest BCUT2D eigenvalue weighted by molar-refractivity contribution is -0.111. The zero-order valence-corrected chi connectivity index (χ0v) is 26.4. The Hall–Kier alpha value is -4.07. The number of nitrogens with one attached hydrogen (secondary N) is 1. The summed E-state index contributed by atoms with van der Waals surface area (Å²) in [5.74, 6) is -0.129. The molecule has 1 saturated heterocycles. The van der Waals surface area contributed by atoms with Crippen molar-refractivity contribution in [1.82, 2.24) is 4.31 Å². The van der Waals surface area contributed by atoms with E-state index in [9.17, 15) is 21.6 Å². The van der Waals surface area contributed by atoms with E-state index in [0.29, 0.717) is 30.8 Å². The largest absolute Gasteiger partial charge is 0.495 e. The van der Waals surface area contributed by atoms with E-state index < -0.39 is 26.0 Å². The molecule has 11 nitrogen and oxygen atoms in total. The number of sulfonamides is 2. The second-order valence-corrected chi connectivity index (χ2v) is 14.1. The Morgan fingerprint density at radius 2 is 1.52 bits per heavy atom. The SMILES string of the molecule is COc1ccc(NC(=O)/C=C/c2cc(OC)c(OC)c(S(=O)(=O)N3CCc4ccccc43)c2)cc1S(=O)(=O)N1CCCCC1. The van der Waals surface area contributed by atoms with Crippen LogP contribution in [0.5, 0.6) is 17.2 Å². The molecule has 0 radical (unpaired) electrons. The van der Waals surface area contributed by atoms with Crippen LogP contribution in [-0.2, 0) is 31.3 Å². The smallest absolute Gasteiger partial charge is 0.268 e. The normalized spacial score (nSPS) is 15.7. The van der Waals surface area contributed by atoms with Crippen LogP contribution < -0.4 is 23.8 Å². The molecule has 3 aromatic rings. The first-order valence-corrected chi connectivity index (χ1v) is 17.0. The Labute approximate surface area is 258 Å². The molecular formula is C31H35N3O8S2. The molecule has 0 aliphatic carbocycles.